The van der Waals surface area contributed by atoms with E-state index in [-0.39, 0.29) is 17.9 Å². The van der Waals surface area contributed by atoms with E-state index >= 15 is 0 Å². The molecule has 24 heavy (non-hydrogen) atoms. The maximum Gasteiger partial charge on any atom is 0.310 e. The summed E-state index contributed by atoms with van der Waals surface area (Å²) in [7, 11) is -0.649. The van der Waals surface area contributed by atoms with Crippen molar-refractivity contribution in [2.45, 2.75) is 17.9 Å². The Labute approximate surface area is 140 Å². The van der Waals surface area contributed by atoms with Gasteiger partial charge in [0.25, 0.3) is 0 Å². The van der Waals surface area contributed by atoms with Crippen LogP contribution in [0.15, 0.2) is 53.4 Å². The Morgan fingerprint density at radius 2 is 1.75 bits per heavy atom. The summed E-state index contributed by atoms with van der Waals surface area (Å²) in [6.07, 6.45) is -0.0482. The van der Waals surface area contributed by atoms with Crippen LogP contribution in [0, 0.1) is 5.82 Å². The van der Waals surface area contributed by atoms with E-state index in [1.54, 1.807) is 18.2 Å². The molecule has 0 bridgehead atoms. The fourth-order valence-corrected chi connectivity index (χ4v) is 3.01. The highest BCUT2D eigenvalue weighted by Crippen LogP contribution is 2.15. The average molecular weight is 351 g/mol. The van der Waals surface area contributed by atoms with Gasteiger partial charge in [-0.25, -0.2) is 17.1 Å². The van der Waals surface area contributed by atoms with Gasteiger partial charge in [0.1, 0.15) is 12.4 Å². The largest absolute Gasteiger partial charge is 0.461 e. The quantitative estimate of drug-likeness (QED) is 0.750. The Balaban J connectivity index is 2.01. The molecule has 0 aliphatic rings. The second-order valence-corrected chi connectivity index (χ2v) is 7.55. The van der Waals surface area contributed by atoms with Gasteiger partial charge in [0.2, 0.25) is 10.0 Å². The molecule has 2 aromatic carbocycles. The first-order chi connectivity index (χ1) is 11.3. The monoisotopic (exact) mass is 351 g/mol. The van der Waals surface area contributed by atoms with Crippen LogP contribution in [0.3, 0.4) is 0 Å². The van der Waals surface area contributed by atoms with Crippen LogP contribution in [0.2, 0.25) is 0 Å². The van der Waals surface area contributed by atoms with Crippen molar-refractivity contribution >= 4 is 16.0 Å². The number of halogens is 1. The maximum absolute atomic E-state index is 13.1. The number of ether oxygens (including phenoxy) is 1. The molecule has 0 radical (unpaired) electrons. The number of carbonyl (C=O) groups is 1. The lowest BCUT2D eigenvalue weighted by Crippen LogP contribution is -2.22. The number of hydrogen-bond acceptors (Lipinski definition) is 4. The van der Waals surface area contributed by atoms with Gasteiger partial charge < -0.3 is 4.74 Å². The molecular weight excluding hydrogens is 333 g/mol. The first-order valence-corrected chi connectivity index (χ1v) is 8.64. The number of carbonyl (C=O) groups excluding carboxylic acids is 1. The molecule has 0 N–H and O–H groups in total. The van der Waals surface area contributed by atoms with Gasteiger partial charge in [-0.1, -0.05) is 24.3 Å². The van der Waals surface area contributed by atoms with Crippen molar-refractivity contribution in [1.82, 2.24) is 4.31 Å². The summed E-state index contributed by atoms with van der Waals surface area (Å²) in [6.45, 7) is -0.0507. The van der Waals surface area contributed by atoms with Gasteiger partial charge in [-0.3, -0.25) is 4.79 Å². The summed E-state index contributed by atoms with van der Waals surface area (Å²) < 4.78 is 43.5. The summed E-state index contributed by atoms with van der Waals surface area (Å²) in [5.74, 6) is -0.927. The van der Waals surface area contributed by atoms with Gasteiger partial charge in [0.15, 0.2) is 0 Å². The predicted octanol–water partition coefficient (Wildman–Crippen LogP) is 2.36. The molecule has 128 valence electrons. The first kappa shape index (κ1) is 18.1. The molecule has 0 saturated carbocycles. The van der Waals surface area contributed by atoms with Gasteiger partial charge in [-0.15, -0.1) is 0 Å². The zero-order valence-corrected chi connectivity index (χ0v) is 14.2. The number of hydrogen-bond donors (Lipinski definition) is 0. The summed E-state index contributed by atoms with van der Waals surface area (Å²) in [5.41, 5.74) is 1.08. The highest BCUT2D eigenvalue weighted by molar-refractivity contribution is 7.89. The molecule has 7 heteroatoms. The van der Waals surface area contributed by atoms with Crippen LogP contribution >= 0.6 is 0 Å². The summed E-state index contributed by atoms with van der Waals surface area (Å²) >= 11 is 0. The van der Waals surface area contributed by atoms with E-state index in [9.17, 15) is 17.6 Å². The molecular formula is C17H18FNO4S. The Bertz CT molecular complexity index is 834. The second kappa shape index (κ2) is 7.55. The fraction of sp³-hybridized carbons (Fsp3) is 0.235. The number of sulfonamides is 1. The third kappa shape index (κ3) is 4.62. The molecule has 5 nitrogen and oxygen atoms in total. The molecule has 0 fully saturated rings. The normalized spacial score (nSPS) is 11.5. The van der Waals surface area contributed by atoms with Gasteiger partial charge in [0, 0.05) is 14.1 Å². The summed E-state index contributed by atoms with van der Waals surface area (Å²) in [5, 5.41) is 0. The predicted molar refractivity (Wildman–Crippen MR) is 87.2 cm³/mol. The third-order valence-corrected chi connectivity index (χ3v) is 5.13. The summed E-state index contributed by atoms with van der Waals surface area (Å²) in [6, 6.07) is 11.9. The average Bonchev–Trinajstić information content (AvgIpc) is 2.53. The SMILES string of the molecule is CN(C)S(=O)(=O)c1cccc(COC(=O)Cc2cccc(F)c2)c1. The van der Waals surface area contributed by atoms with E-state index in [1.807, 2.05) is 0 Å². The number of rotatable bonds is 6. The minimum Gasteiger partial charge on any atom is -0.461 e. The van der Waals surface area contributed by atoms with E-state index in [2.05, 4.69) is 0 Å². The molecule has 0 aliphatic carbocycles. The van der Waals surface area contributed by atoms with Crippen LogP contribution in [0.25, 0.3) is 0 Å². The summed E-state index contributed by atoms with van der Waals surface area (Å²) in [4.78, 5) is 11.9. The van der Waals surface area contributed by atoms with E-state index in [0.717, 1.165) is 4.31 Å². The van der Waals surface area contributed by atoms with E-state index in [0.29, 0.717) is 11.1 Å². The molecule has 2 aromatic rings. The van der Waals surface area contributed by atoms with Gasteiger partial charge >= 0.3 is 5.97 Å². The highest BCUT2D eigenvalue weighted by Gasteiger charge is 2.17. The van der Waals surface area contributed by atoms with E-state index in [1.165, 1.54) is 44.4 Å². The van der Waals surface area contributed by atoms with Crippen molar-refractivity contribution < 1.29 is 22.3 Å². The third-order valence-electron chi connectivity index (χ3n) is 3.31. The maximum atomic E-state index is 13.1. The number of nitrogens with zero attached hydrogens (tertiary/aromatic N) is 1. The van der Waals surface area contributed by atoms with Crippen molar-refractivity contribution in [3.8, 4) is 0 Å². The molecule has 0 atom stereocenters. The minimum atomic E-state index is -3.54. The Hall–Kier alpha value is -2.25. The minimum absolute atomic E-state index is 0.0482. The lowest BCUT2D eigenvalue weighted by molar-refractivity contribution is -0.144. The van der Waals surface area contributed by atoms with Crippen LogP contribution in [0.4, 0.5) is 4.39 Å². The number of esters is 1. The number of benzene rings is 2. The topological polar surface area (TPSA) is 63.7 Å². The van der Waals surface area contributed by atoms with Crippen molar-refractivity contribution in [1.29, 1.82) is 0 Å². The van der Waals surface area contributed by atoms with Crippen molar-refractivity contribution in [2.75, 3.05) is 14.1 Å². The zero-order valence-electron chi connectivity index (χ0n) is 13.4. The Morgan fingerprint density at radius 1 is 1.08 bits per heavy atom. The Morgan fingerprint density at radius 3 is 2.42 bits per heavy atom. The van der Waals surface area contributed by atoms with Crippen molar-refractivity contribution in [3.05, 3.63) is 65.5 Å². The van der Waals surface area contributed by atoms with E-state index < -0.39 is 21.8 Å². The molecule has 0 unspecified atom stereocenters. The molecule has 0 spiro atoms. The van der Waals surface area contributed by atoms with Crippen LogP contribution in [-0.4, -0.2) is 32.8 Å². The van der Waals surface area contributed by atoms with Crippen LogP contribution < -0.4 is 0 Å². The van der Waals surface area contributed by atoms with Crippen LogP contribution in [0.5, 0.6) is 0 Å². The molecule has 0 aromatic heterocycles. The first-order valence-electron chi connectivity index (χ1n) is 7.20. The highest BCUT2D eigenvalue weighted by atomic mass is 32.2. The van der Waals surface area contributed by atoms with Gasteiger partial charge in [-0.05, 0) is 35.4 Å². The van der Waals surface area contributed by atoms with Crippen molar-refractivity contribution in [3.63, 3.8) is 0 Å². The molecule has 0 amide bonds. The van der Waals surface area contributed by atoms with Gasteiger partial charge in [0.05, 0.1) is 11.3 Å². The van der Waals surface area contributed by atoms with Crippen LogP contribution in [-0.2, 0) is 32.6 Å². The lowest BCUT2D eigenvalue weighted by atomic mass is 10.1. The van der Waals surface area contributed by atoms with Gasteiger partial charge in [-0.2, -0.15) is 0 Å². The lowest BCUT2D eigenvalue weighted by Gasteiger charge is -2.12. The Kier molecular flexibility index (Phi) is 5.69. The molecule has 0 aliphatic heterocycles. The molecule has 2 rings (SSSR count). The smallest absolute Gasteiger partial charge is 0.310 e. The fourth-order valence-electron chi connectivity index (χ4n) is 2.03. The second-order valence-electron chi connectivity index (χ2n) is 5.40. The molecule has 0 saturated heterocycles. The standard InChI is InChI=1S/C17H18FNO4S/c1-19(2)24(21,22)16-8-4-6-14(10-16)12-23-17(20)11-13-5-3-7-15(18)9-13/h3-10H,11-12H2,1-2H3. The van der Waals surface area contributed by atoms with E-state index in [4.69, 9.17) is 4.74 Å². The molecule has 0 heterocycles. The zero-order chi connectivity index (χ0) is 17.7. The van der Waals surface area contributed by atoms with Crippen LogP contribution in [0.1, 0.15) is 11.1 Å². The van der Waals surface area contributed by atoms with Crippen molar-refractivity contribution in [2.24, 2.45) is 0 Å².